The molecule has 0 spiro atoms. The molecule has 0 amide bonds. The van der Waals surface area contributed by atoms with Crippen molar-refractivity contribution in [1.82, 2.24) is 10.7 Å². The Labute approximate surface area is 187 Å². The molecule has 1 heterocycles. The van der Waals surface area contributed by atoms with Crippen LogP contribution < -0.4 is 16.6 Å². The predicted molar refractivity (Wildman–Crippen MR) is 112 cm³/mol. The number of aliphatic hydroxyl groups excluding tert-OH is 3. The summed E-state index contributed by atoms with van der Waals surface area (Å²) in [4.78, 5) is 0.819. The molecule has 5 atom stereocenters. The molecule has 5 unspecified atom stereocenters. The first kappa shape index (κ1) is 24.4. The lowest BCUT2D eigenvalue weighted by Gasteiger charge is -2.42. The summed E-state index contributed by atoms with van der Waals surface area (Å²) in [5.41, 5.74) is 2.78. The highest BCUT2D eigenvalue weighted by Crippen LogP contribution is 2.33. The fraction of sp³-hybridized carbons (Fsp3) is 0.333. The van der Waals surface area contributed by atoms with Gasteiger partial charge in [0, 0.05) is 16.7 Å². The zero-order valence-electron chi connectivity index (χ0n) is 17.1. The molecular formula is C21H25F3N3O4S+. The number of nitrogens with one attached hydrogen (secondary N) is 2. The van der Waals surface area contributed by atoms with E-state index < -0.39 is 53.8 Å². The van der Waals surface area contributed by atoms with Gasteiger partial charge in [-0.2, -0.15) is 0 Å². The van der Waals surface area contributed by atoms with E-state index in [2.05, 4.69) is 16.6 Å². The van der Waals surface area contributed by atoms with Crippen molar-refractivity contribution < 1.29 is 39.1 Å². The molecule has 1 aliphatic heterocycles. The lowest BCUT2D eigenvalue weighted by Crippen LogP contribution is -2.64. The van der Waals surface area contributed by atoms with Gasteiger partial charge in [-0.05, 0) is 31.2 Å². The molecule has 0 radical (unpaired) electrons. The van der Waals surface area contributed by atoms with Gasteiger partial charge in [-0.1, -0.05) is 29.5 Å². The third-order valence-electron chi connectivity index (χ3n) is 5.06. The number of benzene rings is 2. The Hall–Kier alpha value is -2.28. The fourth-order valence-corrected chi connectivity index (χ4v) is 4.33. The Morgan fingerprint density at radius 2 is 1.75 bits per heavy atom. The summed E-state index contributed by atoms with van der Waals surface area (Å²) < 4.78 is 46.1. The van der Waals surface area contributed by atoms with E-state index in [0.717, 1.165) is 22.6 Å². The van der Waals surface area contributed by atoms with Gasteiger partial charge >= 0.3 is 0 Å². The molecule has 2 aromatic rings. The average Bonchev–Trinajstić information content (AvgIpc) is 2.77. The molecular weight excluding hydrogens is 447 g/mol. The topological polar surface area (TPSA) is 122 Å². The highest BCUT2D eigenvalue weighted by molar-refractivity contribution is 7.99. The lowest BCUT2D eigenvalue weighted by molar-refractivity contribution is -0.423. The smallest absolute Gasteiger partial charge is 0.194 e. The Morgan fingerprint density at radius 3 is 2.31 bits per heavy atom. The number of aryl methyl sites for hydroxylation is 1. The van der Waals surface area contributed by atoms with E-state index in [-0.39, 0.29) is 11.3 Å². The van der Waals surface area contributed by atoms with Crippen molar-refractivity contribution in [2.75, 3.05) is 6.61 Å². The minimum absolute atomic E-state index is 0.0378. The second-order valence-corrected chi connectivity index (χ2v) is 8.49. The molecule has 7 nitrogen and oxygen atoms in total. The third kappa shape index (κ3) is 5.37. The van der Waals surface area contributed by atoms with Gasteiger partial charge in [-0.3, -0.25) is 5.84 Å². The van der Waals surface area contributed by atoms with Crippen molar-refractivity contribution in [3.63, 3.8) is 0 Å². The normalized spacial score (nSPS) is 26.1. The van der Waals surface area contributed by atoms with Gasteiger partial charge < -0.3 is 25.4 Å². The van der Waals surface area contributed by atoms with E-state index >= 15 is 0 Å². The largest absolute Gasteiger partial charge is 0.394 e. The SMILES string of the molecule is Cc1ccc(SC2OC(CO)C(O)C(NC=C(N[NH3+])c3cc(F)c(F)c(F)c3)C2O)cc1. The monoisotopic (exact) mass is 472 g/mol. The molecule has 3 rings (SSSR count). The van der Waals surface area contributed by atoms with Crippen LogP contribution in [0.3, 0.4) is 0 Å². The molecule has 2 aromatic carbocycles. The van der Waals surface area contributed by atoms with Crippen molar-refractivity contribution in [2.45, 2.75) is 41.6 Å². The number of quaternary nitrogens is 1. The van der Waals surface area contributed by atoms with E-state index in [1.807, 2.05) is 31.2 Å². The molecule has 0 saturated carbocycles. The van der Waals surface area contributed by atoms with Gasteiger partial charge in [-0.15, -0.1) is 0 Å². The van der Waals surface area contributed by atoms with E-state index in [4.69, 9.17) is 4.74 Å². The number of aliphatic hydroxyl groups is 3. The number of hydrogen-bond donors (Lipinski definition) is 6. The van der Waals surface area contributed by atoms with Crippen LogP contribution in [0.4, 0.5) is 13.2 Å². The zero-order chi connectivity index (χ0) is 23.4. The Balaban J connectivity index is 1.82. The number of thioether (sulfide) groups is 1. The van der Waals surface area contributed by atoms with Crippen molar-refractivity contribution in [1.29, 1.82) is 0 Å². The maximum Gasteiger partial charge on any atom is 0.194 e. The first-order chi connectivity index (χ1) is 15.2. The summed E-state index contributed by atoms with van der Waals surface area (Å²) in [6.07, 6.45) is -2.25. The summed E-state index contributed by atoms with van der Waals surface area (Å²) in [7, 11) is 0. The molecule has 1 saturated heterocycles. The van der Waals surface area contributed by atoms with Gasteiger partial charge in [-0.25, -0.2) is 18.6 Å². The quantitative estimate of drug-likeness (QED) is 0.259. The third-order valence-corrected chi connectivity index (χ3v) is 6.23. The molecule has 1 aliphatic rings. The summed E-state index contributed by atoms with van der Waals surface area (Å²) >= 11 is 1.22. The Bertz CT molecular complexity index is 941. The van der Waals surface area contributed by atoms with Crippen LogP contribution in [0.15, 0.2) is 47.5 Å². The van der Waals surface area contributed by atoms with Gasteiger partial charge in [0.25, 0.3) is 0 Å². The van der Waals surface area contributed by atoms with Crippen molar-refractivity contribution >= 4 is 17.5 Å². The molecule has 0 bridgehead atoms. The maximum atomic E-state index is 13.6. The van der Waals surface area contributed by atoms with Crippen molar-refractivity contribution in [3.8, 4) is 0 Å². The molecule has 174 valence electrons. The highest BCUT2D eigenvalue weighted by Gasteiger charge is 2.44. The van der Waals surface area contributed by atoms with Crippen LogP contribution in [0.1, 0.15) is 11.1 Å². The van der Waals surface area contributed by atoms with E-state index in [0.29, 0.717) is 0 Å². The van der Waals surface area contributed by atoms with Crippen LogP contribution in [-0.2, 0) is 4.74 Å². The minimum atomic E-state index is -1.60. The second-order valence-electron chi connectivity index (χ2n) is 7.32. The average molecular weight is 473 g/mol. The van der Waals surface area contributed by atoms with Crippen molar-refractivity contribution in [3.05, 3.63) is 71.2 Å². The number of hydrogen-bond acceptors (Lipinski definition) is 7. The summed E-state index contributed by atoms with van der Waals surface area (Å²) in [6, 6.07) is 8.10. The van der Waals surface area contributed by atoms with E-state index in [1.165, 1.54) is 18.0 Å². The molecule has 32 heavy (non-hydrogen) atoms. The Kier molecular flexibility index (Phi) is 8.04. The molecule has 8 N–H and O–H groups in total. The molecule has 0 aromatic heterocycles. The Morgan fingerprint density at radius 1 is 1.12 bits per heavy atom. The second kappa shape index (κ2) is 10.6. The van der Waals surface area contributed by atoms with Gasteiger partial charge in [0.1, 0.15) is 29.4 Å². The van der Waals surface area contributed by atoms with E-state index in [9.17, 15) is 28.5 Å². The fourth-order valence-electron chi connectivity index (χ4n) is 3.26. The van der Waals surface area contributed by atoms with Crippen LogP contribution in [-0.4, -0.2) is 51.7 Å². The summed E-state index contributed by atoms with van der Waals surface area (Å²) in [6.45, 7) is 1.45. The van der Waals surface area contributed by atoms with Gasteiger partial charge in [0.15, 0.2) is 17.5 Å². The van der Waals surface area contributed by atoms with Crippen LogP contribution in [0.25, 0.3) is 5.70 Å². The highest BCUT2D eigenvalue weighted by atomic mass is 32.2. The molecule has 11 heteroatoms. The molecule has 0 aliphatic carbocycles. The van der Waals surface area contributed by atoms with Crippen LogP contribution in [0.2, 0.25) is 0 Å². The first-order valence-corrected chi connectivity index (χ1v) is 10.6. The van der Waals surface area contributed by atoms with Gasteiger partial charge in [0.2, 0.25) is 0 Å². The zero-order valence-corrected chi connectivity index (χ0v) is 18.0. The minimum Gasteiger partial charge on any atom is -0.394 e. The van der Waals surface area contributed by atoms with E-state index in [1.54, 1.807) is 0 Å². The van der Waals surface area contributed by atoms with Crippen LogP contribution in [0, 0.1) is 24.4 Å². The lowest BCUT2D eigenvalue weighted by atomic mass is 9.97. The van der Waals surface area contributed by atoms with Crippen molar-refractivity contribution in [2.24, 2.45) is 0 Å². The number of rotatable bonds is 7. The standard InChI is InChI=1S/C21H24F3N3O4S/c1-10-2-4-12(5-3-10)32-21-20(30)18(19(29)16(9-28)31-21)26-8-15(27-25)11-6-13(22)17(24)14(23)7-11/h2-8,16,18-21,26-30H,9,25H2,1H3/p+1. The predicted octanol–water partition coefficient (Wildman–Crippen LogP) is 0.647. The summed E-state index contributed by atoms with van der Waals surface area (Å²) in [5.74, 6) is -0.877. The van der Waals surface area contributed by atoms with Crippen LogP contribution >= 0.6 is 11.8 Å². The summed E-state index contributed by atoms with van der Waals surface area (Å²) in [5, 5.41) is 33.8. The number of ether oxygens (including phenoxy) is 1. The number of halogens is 3. The van der Waals surface area contributed by atoms with Crippen LogP contribution in [0.5, 0.6) is 0 Å². The van der Waals surface area contributed by atoms with Gasteiger partial charge in [0.05, 0.1) is 12.6 Å². The maximum absolute atomic E-state index is 13.6. The first-order valence-electron chi connectivity index (χ1n) is 9.75. The molecule has 1 fully saturated rings.